The van der Waals surface area contributed by atoms with E-state index < -0.39 is 11.5 Å². The molecule has 3 aromatic carbocycles. The highest BCUT2D eigenvalue weighted by atomic mass is 16.3. The van der Waals surface area contributed by atoms with Crippen molar-refractivity contribution >= 4 is 0 Å². The first-order valence-corrected chi connectivity index (χ1v) is 13.1. The number of rotatable bonds is 9. The molecule has 1 fully saturated rings. The van der Waals surface area contributed by atoms with Gasteiger partial charge in [-0.3, -0.25) is 4.90 Å². The van der Waals surface area contributed by atoms with Crippen molar-refractivity contribution in [3.8, 4) is 6.07 Å². The normalized spacial score (nSPS) is 19.7. The van der Waals surface area contributed by atoms with Crippen LogP contribution in [0.25, 0.3) is 0 Å². The molecule has 0 radical (unpaired) electrons. The Bertz CT molecular complexity index is 1080. The van der Waals surface area contributed by atoms with Gasteiger partial charge in [-0.1, -0.05) is 84.9 Å². The van der Waals surface area contributed by atoms with Crippen LogP contribution in [0.1, 0.15) is 73.8 Å². The van der Waals surface area contributed by atoms with Crippen molar-refractivity contribution in [2.45, 2.75) is 69.1 Å². The molecule has 0 aromatic heterocycles. The smallest absolute Gasteiger partial charge is 0.0790 e. The van der Waals surface area contributed by atoms with Crippen molar-refractivity contribution in [1.29, 1.82) is 5.26 Å². The number of nitriles is 1. The van der Waals surface area contributed by atoms with E-state index in [9.17, 15) is 15.5 Å². The van der Waals surface area contributed by atoms with Crippen LogP contribution in [0.2, 0.25) is 0 Å². The van der Waals surface area contributed by atoms with Crippen LogP contribution in [-0.2, 0) is 5.41 Å². The topological polar surface area (TPSA) is 67.5 Å². The molecule has 1 saturated heterocycles. The second-order valence-corrected chi connectivity index (χ2v) is 10.6. The Labute approximate surface area is 215 Å². The molecule has 3 atom stereocenters. The minimum atomic E-state index is -0.536. The van der Waals surface area contributed by atoms with Crippen LogP contribution in [0.3, 0.4) is 0 Å². The average molecular weight is 483 g/mol. The number of hydrogen-bond acceptors (Lipinski definition) is 4. The second-order valence-electron chi connectivity index (χ2n) is 10.6. The van der Waals surface area contributed by atoms with Crippen molar-refractivity contribution in [3.05, 3.63) is 107 Å². The highest BCUT2D eigenvalue weighted by Crippen LogP contribution is 2.36. The molecular weight excluding hydrogens is 444 g/mol. The zero-order chi connectivity index (χ0) is 25.5. The maximum Gasteiger partial charge on any atom is 0.0790 e. The molecule has 188 valence electrons. The monoisotopic (exact) mass is 482 g/mol. The van der Waals surface area contributed by atoms with Gasteiger partial charge in [0.1, 0.15) is 0 Å². The van der Waals surface area contributed by atoms with Gasteiger partial charge < -0.3 is 10.2 Å². The number of piperidine rings is 1. The predicted molar refractivity (Wildman–Crippen MR) is 145 cm³/mol. The maximum atomic E-state index is 10.9. The van der Waals surface area contributed by atoms with E-state index in [4.69, 9.17) is 0 Å². The maximum absolute atomic E-state index is 10.9. The summed E-state index contributed by atoms with van der Waals surface area (Å²) < 4.78 is 0. The molecule has 4 rings (SSSR count). The third kappa shape index (κ3) is 6.23. The molecular formula is C32H38N2O2. The number of aliphatic hydroxyl groups excluding tert-OH is 2. The lowest BCUT2D eigenvalue weighted by molar-refractivity contribution is 0.0319. The van der Waals surface area contributed by atoms with Gasteiger partial charge in [0, 0.05) is 18.5 Å². The molecule has 0 bridgehead atoms. The summed E-state index contributed by atoms with van der Waals surface area (Å²) in [5.41, 5.74) is 3.86. The van der Waals surface area contributed by atoms with Crippen LogP contribution in [0.4, 0.5) is 0 Å². The lowest BCUT2D eigenvalue weighted by Crippen LogP contribution is -2.48. The summed E-state index contributed by atoms with van der Waals surface area (Å²) in [6, 6.07) is 31.6. The van der Waals surface area contributed by atoms with Crippen molar-refractivity contribution in [1.82, 2.24) is 4.90 Å². The fourth-order valence-corrected chi connectivity index (χ4v) is 5.45. The first-order chi connectivity index (χ1) is 17.4. The molecule has 0 aliphatic carbocycles. The summed E-state index contributed by atoms with van der Waals surface area (Å²) in [7, 11) is 0. The van der Waals surface area contributed by atoms with Crippen molar-refractivity contribution < 1.29 is 10.2 Å². The molecule has 4 heteroatoms. The number of likely N-dealkylation sites (tertiary alicyclic amines) is 1. The van der Waals surface area contributed by atoms with Crippen LogP contribution in [0.15, 0.2) is 84.9 Å². The largest absolute Gasteiger partial charge is 0.393 e. The summed E-state index contributed by atoms with van der Waals surface area (Å²) >= 11 is 0. The van der Waals surface area contributed by atoms with E-state index in [2.05, 4.69) is 59.5 Å². The van der Waals surface area contributed by atoms with Gasteiger partial charge >= 0.3 is 0 Å². The Balaban J connectivity index is 1.45. The Morgan fingerprint density at radius 1 is 0.917 bits per heavy atom. The number of aliphatic hydroxyl groups is 2. The molecule has 2 N–H and O–H groups in total. The Hall–Kier alpha value is -2.97. The fraction of sp³-hybridized carbons (Fsp3) is 0.406. The number of hydrogen-bond donors (Lipinski definition) is 2. The van der Waals surface area contributed by atoms with Gasteiger partial charge in [0.2, 0.25) is 0 Å². The van der Waals surface area contributed by atoms with E-state index in [1.54, 1.807) is 0 Å². The molecule has 0 saturated carbocycles. The Kier molecular flexibility index (Phi) is 8.59. The van der Waals surface area contributed by atoms with E-state index in [0.29, 0.717) is 6.42 Å². The summed E-state index contributed by atoms with van der Waals surface area (Å²) in [4.78, 5) is 2.52. The second kappa shape index (κ2) is 11.8. The van der Waals surface area contributed by atoms with Crippen LogP contribution in [0, 0.1) is 11.3 Å². The van der Waals surface area contributed by atoms with Crippen molar-refractivity contribution in [2.75, 3.05) is 13.1 Å². The zero-order valence-electron chi connectivity index (χ0n) is 21.4. The predicted octanol–water partition coefficient (Wildman–Crippen LogP) is 5.96. The quantitative estimate of drug-likeness (QED) is 0.395. The lowest BCUT2D eigenvalue weighted by atomic mass is 9.79. The first kappa shape index (κ1) is 26.1. The van der Waals surface area contributed by atoms with Gasteiger partial charge in [0.05, 0.1) is 23.7 Å². The minimum Gasteiger partial charge on any atom is -0.393 e. The Morgan fingerprint density at radius 2 is 1.50 bits per heavy atom. The summed E-state index contributed by atoms with van der Waals surface area (Å²) in [5.74, 6) is 0.184. The third-order valence-corrected chi connectivity index (χ3v) is 7.65. The average Bonchev–Trinajstić information content (AvgIpc) is 2.91. The first-order valence-electron chi connectivity index (χ1n) is 13.1. The summed E-state index contributed by atoms with van der Waals surface area (Å²) in [6.07, 6.45) is 2.25. The van der Waals surface area contributed by atoms with E-state index in [1.165, 1.54) is 11.1 Å². The minimum absolute atomic E-state index is 0.184. The standard InChI is InChI=1S/C32H38N2O2/c1-32(2,23-33)27-17-15-24(16-18-27)30(36)14-9-20-34-21-19-28(35)22-29(34)31(25-10-5-3-6-11-25)26-12-7-4-8-13-26/h3-8,10-13,15-18,28-31,35-36H,9,14,19-22H2,1-2H3/t28?,29?,30-/m1/s1. The van der Waals surface area contributed by atoms with Crippen molar-refractivity contribution in [2.24, 2.45) is 0 Å². The summed E-state index contributed by atoms with van der Waals surface area (Å²) in [6.45, 7) is 5.55. The van der Waals surface area contributed by atoms with Gasteiger partial charge in [0.25, 0.3) is 0 Å². The third-order valence-electron chi connectivity index (χ3n) is 7.65. The van der Waals surface area contributed by atoms with Crippen molar-refractivity contribution in [3.63, 3.8) is 0 Å². The lowest BCUT2D eigenvalue weighted by Gasteiger charge is -2.43. The molecule has 0 spiro atoms. The van der Waals surface area contributed by atoms with Crippen LogP contribution in [-0.4, -0.2) is 40.3 Å². The zero-order valence-corrected chi connectivity index (χ0v) is 21.4. The number of nitrogens with zero attached hydrogens (tertiary/aromatic N) is 2. The van der Waals surface area contributed by atoms with E-state index in [1.807, 2.05) is 50.2 Å². The highest BCUT2D eigenvalue weighted by molar-refractivity contribution is 5.35. The van der Waals surface area contributed by atoms with Gasteiger partial charge in [-0.2, -0.15) is 5.26 Å². The fourth-order valence-electron chi connectivity index (χ4n) is 5.45. The van der Waals surface area contributed by atoms with E-state index in [-0.39, 0.29) is 18.1 Å². The van der Waals surface area contributed by atoms with Crippen LogP contribution >= 0.6 is 0 Å². The molecule has 2 unspecified atom stereocenters. The highest BCUT2D eigenvalue weighted by Gasteiger charge is 2.35. The Morgan fingerprint density at radius 3 is 2.06 bits per heavy atom. The molecule has 36 heavy (non-hydrogen) atoms. The molecule has 1 aliphatic heterocycles. The van der Waals surface area contributed by atoms with Gasteiger partial charge in [-0.15, -0.1) is 0 Å². The molecule has 1 aliphatic rings. The van der Waals surface area contributed by atoms with Crippen LogP contribution < -0.4 is 0 Å². The van der Waals surface area contributed by atoms with E-state index >= 15 is 0 Å². The summed E-state index contributed by atoms with van der Waals surface area (Å²) in [5, 5.41) is 30.8. The molecule has 4 nitrogen and oxygen atoms in total. The van der Waals surface area contributed by atoms with E-state index in [0.717, 1.165) is 43.5 Å². The SMILES string of the molecule is CC(C)(C#N)c1ccc([C@H](O)CCCN2CCC(O)CC2C(c2ccccc2)c2ccccc2)cc1. The van der Waals surface area contributed by atoms with Gasteiger partial charge in [-0.25, -0.2) is 0 Å². The van der Waals surface area contributed by atoms with Gasteiger partial charge in [0.15, 0.2) is 0 Å². The number of benzene rings is 3. The van der Waals surface area contributed by atoms with Crippen LogP contribution in [0.5, 0.6) is 0 Å². The molecule has 0 amide bonds. The van der Waals surface area contributed by atoms with Gasteiger partial charge in [-0.05, 0) is 68.3 Å². The molecule has 3 aromatic rings. The molecule has 1 heterocycles.